The molecule has 0 N–H and O–H groups in total. The number of benzene rings is 2. The van der Waals surface area contributed by atoms with Crippen molar-refractivity contribution in [3.05, 3.63) is 65.7 Å². The Morgan fingerprint density at radius 1 is 0.960 bits per heavy atom. The Labute approximate surface area is 150 Å². The molecule has 2 aromatic rings. The summed E-state index contributed by atoms with van der Waals surface area (Å²) in [6.45, 7) is 5.91. The van der Waals surface area contributed by atoms with E-state index in [1.165, 1.54) is 11.1 Å². The predicted molar refractivity (Wildman–Crippen MR) is 102 cm³/mol. The minimum absolute atomic E-state index is 0.293. The first-order valence-corrected chi connectivity index (χ1v) is 9.42. The lowest BCUT2D eigenvalue weighted by Crippen LogP contribution is -2.48. The molecule has 2 aliphatic heterocycles. The second-order valence-electron chi connectivity index (χ2n) is 7.32. The summed E-state index contributed by atoms with van der Waals surface area (Å²) in [7, 11) is 0. The van der Waals surface area contributed by atoms with Gasteiger partial charge in [0.1, 0.15) is 0 Å². The number of para-hydroxylation sites is 1. The van der Waals surface area contributed by atoms with E-state index in [0.717, 1.165) is 51.1 Å². The molecule has 1 amide bonds. The molecule has 0 aromatic heterocycles. The van der Waals surface area contributed by atoms with Crippen molar-refractivity contribution in [3.63, 3.8) is 0 Å². The van der Waals surface area contributed by atoms with Crippen LogP contribution < -0.4 is 4.90 Å². The number of piperidine rings is 1. The Balaban J connectivity index is 1.54. The van der Waals surface area contributed by atoms with Crippen LogP contribution in [0.25, 0.3) is 0 Å². The summed E-state index contributed by atoms with van der Waals surface area (Å²) in [6, 6.07) is 19.1. The Morgan fingerprint density at radius 2 is 1.64 bits per heavy atom. The van der Waals surface area contributed by atoms with Gasteiger partial charge in [-0.05, 0) is 49.5 Å². The van der Waals surface area contributed by atoms with Crippen molar-refractivity contribution < 1.29 is 4.79 Å². The average Bonchev–Trinajstić information content (AvgIpc) is 2.88. The van der Waals surface area contributed by atoms with E-state index in [1.807, 2.05) is 4.90 Å². The summed E-state index contributed by atoms with van der Waals surface area (Å²) in [5.41, 5.74) is 3.46. The zero-order valence-electron chi connectivity index (χ0n) is 14.9. The van der Waals surface area contributed by atoms with Crippen LogP contribution in [0.2, 0.25) is 0 Å². The molecule has 0 unspecified atom stereocenters. The summed E-state index contributed by atoms with van der Waals surface area (Å²) in [4.78, 5) is 17.8. The molecule has 3 nitrogen and oxygen atoms in total. The molecule has 1 saturated heterocycles. The normalized spacial score (nSPS) is 19.4. The van der Waals surface area contributed by atoms with Crippen LogP contribution in [0.3, 0.4) is 0 Å². The highest BCUT2D eigenvalue weighted by Gasteiger charge is 2.51. The molecule has 0 aliphatic carbocycles. The topological polar surface area (TPSA) is 23.6 Å². The molecule has 2 heterocycles. The van der Waals surface area contributed by atoms with Crippen molar-refractivity contribution in [3.8, 4) is 0 Å². The van der Waals surface area contributed by atoms with Crippen molar-refractivity contribution in [1.29, 1.82) is 0 Å². The van der Waals surface area contributed by atoms with E-state index in [2.05, 4.69) is 66.4 Å². The Hall–Kier alpha value is -2.13. The zero-order valence-corrected chi connectivity index (χ0v) is 14.9. The number of carbonyl (C=O) groups is 1. The summed E-state index contributed by atoms with van der Waals surface area (Å²) in [5, 5.41) is 0. The van der Waals surface area contributed by atoms with Gasteiger partial charge in [0, 0.05) is 18.8 Å². The quantitative estimate of drug-likeness (QED) is 0.844. The average molecular weight is 334 g/mol. The number of hydrogen-bond acceptors (Lipinski definition) is 2. The molecule has 0 bridgehead atoms. The second-order valence-corrected chi connectivity index (χ2v) is 7.32. The number of hydrogen-bond donors (Lipinski definition) is 0. The molecular weight excluding hydrogens is 308 g/mol. The van der Waals surface area contributed by atoms with Gasteiger partial charge in [-0.3, -0.25) is 9.69 Å². The number of fused-ring (bicyclic) bond motifs is 2. The smallest absolute Gasteiger partial charge is 0.237 e. The van der Waals surface area contributed by atoms with E-state index < -0.39 is 0 Å². The Morgan fingerprint density at radius 3 is 2.36 bits per heavy atom. The van der Waals surface area contributed by atoms with Crippen LogP contribution in [0.1, 0.15) is 37.3 Å². The number of rotatable bonds is 4. The fourth-order valence-corrected chi connectivity index (χ4v) is 4.46. The summed E-state index contributed by atoms with van der Waals surface area (Å²) in [6.07, 6.45) is 2.85. The highest BCUT2D eigenvalue weighted by molar-refractivity contribution is 6.08. The van der Waals surface area contributed by atoms with Gasteiger partial charge in [-0.25, -0.2) is 0 Å². The van der Waals surface area contributed by atoms with E-state index in [-0.39, 0.29) is 5.41 Å². The lowest BCUT2D eigenvalue weighted by Gasteiger charge is -2.38. The van der Waals surface area contributed by atoms with Crippen LogP contribution in [0, 0.1) is 0 Å². The molecule has 2 aromatic carbocycles. The van der Waals surface area contributed by atoms with Crippen LogP contribution in [0.15, 0.2) is 54.6 Å². The standard InChI is InChI=1S/C22H26N2O/c1-2-14-24-20-11-7-6-10-19(20)22(21(24)25)12-15-23(16-13-22)17-18-8-4-3-5-9-18/h3-11H,2,12-17H2,1H3. The number of likely N-dealkylation sites (tertiary alicyclic amines) is 1. The predicted octanol–water partition coefficient (Wildman–Crippen LogP) is 3.98. The van der Waals surface area contributed by atoms with Gasteiger partial charge < -0.3 is 4.90 Å². The van der Waals surface area contributed by atoms with Crippen LogP contribution in [0.5, 0.6) is 0 Å². The monoisotopic (exact) mass is 334 g/mol. The minimum Gasteiger partial charge on any atom is -0.311 e. The Bertz CT molecular complexity index is 748. The Kier molecular flexibility index (Phi) is 4.34. The van der Waals surface area contributed by atoms with Crippen molar-refractivity contribution in [1.82, 2.24) is 4.90 Å². The molecule has 0 saturated carbocycles. The van der Waals surface area contributed by atoms with Gasteiger partial charge in [-0.1, -0.05) is 55.5 Å². The van der Waals surface area contributed by atoms with Gasteiger partial charge in [-0.2, -0.15) is 0 Å². The second kappa shape index (κ2) is 6.64. The molecule has 2 aliphatic rings. The van der Waals surface area contributed by atoms with Gasteiger partial charge in [0.05, 0.1) is 5.41 Å². The van der Waals surface area contributed by atoms with E-state index in [1.54, 1.807) is 0 Å². The number of carbonyl (C=O) groups excluding carboxylic acids is 1. The van der Waals surface area contributed by atoms with Gasteiger partial charge >= 0.3 is 0 Å². The van der Waals surface area contributed by atoms with Gasteiger partial charge in [-0.15, -0.1) is 0 Å². The van der Waals surface area contributed by atoms with Gasteiger partial charge in [0.15, 0.2) is 0 Å². The maximum atomic E-state index is 13.3. The molecule has 1 spiro atoms. The number of anilines is 1. The minimum atomic E-state index is -0.293. The van der Waals surface area contributed by atoms with Crippen LogP contribution in [-0.4, -0.2) is 30.4 Å². The zero-order chi connectivity index (χ0) is 17.3. The molecule has 1 fully saturated rings. The maximum Gasteiger partial charge on any atom is 0.237 e. The first-order chi connectivity index (χ1) is 12.2. The molecule has 3 heteroatoms. The van der Waals surface area contributed by atoms with Gasteiger partial charge in [0.25, 0.3) is 0 Å². The van der Waals surface area contributed by atoms with Crippen molar-refractivity contribution >= 4 is 11.6 Å². The van der Waals surface area contributed by atoms with Crippen molar-refractivity contribution in [2.45, 2.75) is 38.1 Å². The molecule has 25 heavy (non-hydrogen) atoms. The lowest BCUT2D eigenvalue weighted by atomic mass is 9.73. The highest BCUT2D eigenvalue weighted by Crippen LogP contribution is 2.48. The third kappa shape index (κ3) is 2.77. The van der Waals surface area contributed by atoms with E-state index in [4.69, 9.17) is 0 Å². The van der Waals surface area contributed by atoms with Crippen LogP contribution in [-0.2, 0) is 16.8 Å². The molecule has 0 atom stereocenters. The SMILES string of the molecule is CCCN1C(=O)C2(CCN(Cc3ccccc3)CC2)c2ccccc21. The first-order valence-electron chi connectivity index (χ1n) is 9.42. The first kappa shape index (κ1) is 16.3. The molecule has 4 rings (SSSR count). The van der Waals surface area contributed by atoms with Gasteiger partial charge in [0.2, 0.25) is 5.91 Å². The lowest BCUT2D eigenvalue weighted by molar-refractivity contribution is -0.125. The van der Waals surface area contributed by atoms with E-state index >= 15 is 0 Å². The summed E-state index contributed by atoms with van der Waals surface area (Å²) >= 11 is 0. The fraction of sp³-hybridized carbons (Fsp3) is 0.409. The van der Waals surface area contributed by atoms with Crippen LogP contribution in [0.4, 0.5) is 5.69 Å². The largest absolute Gasteiger partial charge is 0.311 e. The maximum absolute atomic E-state index is 13.3. The van der Waals surface area contributed by atoms with E-state index in [0.29, 0.717) is 5.91 Å². The molecule has 0 radical (unpaired) electrons. The number of amides is 1. The molecular formula is C22H26N2O. The number of nitrogens with zero attached hydrogens (tertiary/aromatic N) is 2. The van der Waals surface area contributed by atoms with Crippen LogP contribution >= 0.6 is 0 Å². The fourth-order valence-electron chi connectivity index (χ4n) is 4.46. The van der Waals surface area contributed by atoms with E-state index in [9.17, 15) is 4.79 Å². The highest BCUT2D eigenvalue weighted by atomic mass is 16.2. The van der Waals surface area contributed by atoms with Crippen molar-refractivity contribution in [2.75, 3.05) is 24.5 Å². The summed E-state index contributed by atoms with van der Waals surface area (Å²) in [5.74, 6) is 0.329. The summed E-state index contributed by atoms with van der Waals surface area (Å²) < 4.78 is 0. The van der Waals surface area contributed by atoms with Crippen molar-refractivity contribution in [2.24, 2.45) is 0 Å². The molecule has 130 valence electrons. The third-order valence-corrected chi connectivity index (χ3v) is 5.77. The third-order valence-electron chi connectivity index (χ3n) is 5.77.